The number of hydrogen-bond donors (Lipinski definition) is 4. The van der Waals surface area contributed by atoms with Crippen LogP contribution in [0.15, 0.2) is 30.3 Å². The number of nitrogens with one attached hydrogen (secondary N) is 1. The molecule has 0 spiro atoms. The molecule has 0 aliphatic heterocycles. The van der Waals surface area contributed by atoms with Crippen molar-refractivity contribution in [3.63, 3.8) is 0 Å². The molecule has 0 aliphatic rings. The van der Waals surface area contributed by atoms with Crippen LogP contribution in [0.4, 0.5) is 5.69 Å². The number of rotatable bonds is 21. The number of amides is 1. The average molecular weight is 475 g/mol. The Morgan fingerprint density at radius 3 is 1.74 bits per heavy atom. The first kappa shape index (κ1) is 29.9. The third-order valence-electron chi connectivity index (χ3n) is 6.09. The zero-order valence-electron chi connectivity index (χ0n) is 21.0. The molecule has 0 aliphatic carbocycles. The van der Waals surface area contributed by atoms with Gasteiger partial charge < -0.3 is 21.3 Å². The van der Waals surface area contributed by atoms with E-state index in [1.807, 2.05) is 24.3 Å². The summed E-state index contributed by atoms with van der Waals surface area (Å²) in [6.45, 7) is 3.20. The van der Waals surface area contributed by atoms with Gasteiger partial charge in [-0.2, -0.15) is 0 Å². The van der Waals surface area contributed by atoms with Gasteiger partial charge in [-0.1, -0.05) is 109 Å². The number of unbranched alkanes of at least 4 members (excludes halogenated alkanes) is 13. The van der Waals surface area contributed by atoms with E-state index < -0.39 is 23.9 Å². The molecule has 1 amide bonds. The van der Waals surface area contributed by atoms with E-state index in [2.05, 4.69) is 12.2 Å². The number of carbonyl (C=O) groups excluding carboxylic acids is 2. The van der Waals surface area contributed by atoms with Gasteiger partial charge in [0, 0.05) is 12.2 Å². The standard InChI is InChI=1S/C28H46N2O4/c1-2-3-4-5-6-7-8-9-10-11-12-13-14-15-22-30-24-19-16-23(17-20-24)18-21-25(31)26(32)27(33)28(29)34/h16-21,26-27,30,32-33H,2-15,22H2,1H3,(H2,29,34)/b21-18+. The maximum absolute atomic E-state index is 11.8. The molecule has 2 atom stereocenters. The number of anilines is 1. The molecule has 0 heterocycles. The highest BCUT2D eigenvalue weighted by Gasteiger charge is 2.26. The first-order valence-electron chi connectivity index (χ1n) is 13.2. The Balaban J connectivity index is 2.06. The quantitative estimate of drug-likeness (QED) is 0.141. The highest BCUT2D eigenvalue weighted by molar-refractivity contribution is 6.00. The van der Waals surface area contributed by atoms with Crippen LogP contribution in [0.25, 0.3) is 6.08 Å². The molecule has 6 nitrogen and oxygen atoms in total. The Morgan fingerprint density at radius 1 is 0.794 bits per heavy atom. The average Bonchev–Trinajstić information content (AvgIpc) is 2.84. The second-order valence-corrected chi connectivity index (χ2v) is 9.17. The molecule has 1 aromatic carbocycles. The van der Waals surface area contributed by atoms with Crippen LogP contribution in [0.5, 0.6) is 0 Å². The monoisotopic (exact) mass is 474 g/mol. The van der Waals surface area contributed by atoms with Gasteiger partial charge in [0.25, 0.3) is 0 Å². The first-order chi connectivity index (χ1) is 16.5. The smallest absolute Gasteiger partial charge is 0.249 e. The van der Waals surface area contributed by atoms with Crippen LogP contribution in [0, 0.1) is 0 Å². The lowest BCUT2D eigenvalue weighted by molar-refractivity contribution is -0.140. The van der Waals surface area contributed by atoms with Crippen molar-refractivity contribution >= 4 is 23.5 Å². The molecule has 192 valence electrons. The molecule has 1 aromatic rings. The molecule has 0 radical (unpaired) electrons. The van der Waals surface area contributed by atoms with Crippen LogP contribution in [0.1, 0.15) is 102 Å². The molecule has 1 rings (SSSR count). The Bertz CT molecular complexity index is 703. The SMILES string of the molecule is CCCCCCCCCCCCCCCCNc1ccc(/C=C/C(=O)C(O)C(O)C(N)=O)cc1. The van der Waals surface area contributed by atoms with Crippen molar-refractivity contribution in [2.24, 2.45) is 5.73 Å². The van der Waals surface area contributed by atoms with Crippen LogP contribution >= 0.6 is 0 Å². The molecule has 0 bridgehead atoms. The van der Waals surface area contributed by atoms with Crippen LogP contribution in [-0.2, 0) is 9.59 Å². The maximum Gasteiger partial charge on any atom is 0.249 e. The number of benzene rings is 1. The van der Waals surface area contributed by atoms with Crippen molar-refractivity contribution in [3.05, 3.63) is 35.9 Å². The highest BCUT2D eigenvalue weighted by atomic mass is 16.3. The Kier molecular flexibility index (Phi) is 16.8. The molecule has 5 N–H and O–H groups in total. The molecule has 34 heavy (non-hydrogen) atoms. The van der Waals surface area contributed by atoms with Crippen LogP contribution in [-0.4, -0.2) is 40.7 Å². The number of nitrogens with two attached hydrogens (primary N) is 1. The van der Waals surface area contributed by atoms with Crippen LogP contribution in [0.3, 0.4) is 0 Å². The van der Waals surface area contributed by atoms with Crippen molar-refractivity contribution in [1.29, 1.82) is 0 Å². The van der Waals surface area contributed by atoms with Crippen molar-refractivity contribution in [2.75, 3.05) is 11.9 Å². The fourth-order valence-corrected chi connectivity index (χ4v) is 3.85. The summed E-state index contributed by atoms with van der Waals surface area (Å²) < 4.78 is 0. The van der Waals surface area contributed by atoms with Crippen molar-refractivity contribution in [2.45, 2.75) is 109 Å². The summed E-state index contributed by atoms with van der Waals surface area (Å²) in [6.07, 6.45) is 17.8. The second-order valence-electron chi connectivity index (χ2n) is 9.17. The highest BCUT2D eigenvalue weighted by Crippen LogP contribution is 2.14. The third-order valence-corrected chi connectivity index (χ3v) is 6.09. The number of carbonyl (C=O) groups is 2. The van der Waals surface area contributed by atoms with Crippen molar-refractivity contribution in [1.82, 2.24) is 0 Å². The summed E-state index contributed by atoms with van der Waals surface area (Å²) in [5, 5.41) is 22.3. The second kappa shape index (κ2) is 19.2. The maximum atomic E-state index is 11.8. The molecule has 0 fully saturated rings. The predicted molar refractivity (Wildman–Crippen MR) is 140 cm³/mol. The minimum absolute atomic E-state index is 0.772. The van der Waals surface area contributed by atoms with Gasteiger partial charge in [0.2, 0.25) is 5.91 Å². The van der Waals surface area contributed by atoms with E-state index in [0.717, 1.165) is 30.3 Å². The Labute approximate surface area is 206 Å². The van der Waals surface area contributed by atoms with Gasteiger partial charge in [-0.15, -0.1) is 0 Å². The topological polar surface area (TPSA) is 113 Å². The lowest BCUT2D eigenvalue weighted by Gasteiger charge is -2.11. The van der Waals surface area contributed by atoms with Gasteiger partial charge in [0.05, 0.1) is 0 Å². The summed E-state index contributed by atoms with van der Waals surface area (Å²) in [5.74, 6) is -1.91. The molecule has 6 heteroatoms. The van der Waals surface area contributed by atoms with Gasteiger partial charge in [0.15, 0.2) is 18.0 Å². The van der Waals surface area contributed by atoms with Crippen molar-refractivity contribution < 1.29 is 19.8 Å². The van der Waals surface area contributed by atoms with E-state index in [0.29, 0.717) is 0 Å². The lowest BCUT2D eigenvalue weighted by Crippen LogP contribution is -2.42. The molecule has 0 aromatic heterocycles. The molecular weight excluding hydrogens is 428 g/mol. The van der Waals surface area contributed by atoms with E-state index in [9.17, 15) is 19.8 Å². The predicted octanol–water partition coefficient (Wildman–Crippen LogP) is 5.37. The largest absolute Gasteiger partial charge is 0.385 e. The third kappa shape index (κ3) is 14.2. The number of aliphatic hydroxyl groups excluding tert-OH is 2. The zero-order chi connectivity index (χ0) is 25.0. The van der Waals surface area contributed by atoms with Gasteiger partial charge in [-0.05, 0) is 30.2 Å². The summed E-state index contributed by atoms with van der Waals surface area (Å²) in [6, 6.07) is 7.58. The molecular formula is C28H46N2O4. The van der Waals surface area contributed by atoms with Crippen LogP contribution in [0.2, 0.25) is 0 Å². The summed E-state index contributed by atoms with van der Waals surface area (Å²) in [5.41, 5.74) is 6.67. The van der Waals surface area contributed by atoms with E-state index in [-0.39, 0.29) is 0 Å². The summed E-state index contributed by atoms with van der Waals surface area (Å²) in [4.78, 5) is 22.6. The van der Waals surface area contributed by atoms with E-state index >= 15 is 0 Å². The van der Waals surface area contributed by atoms with E-state index in [4.69, 9.17) is 5.73 Å². The molecule has 0 saturated carbocycles. The minimum atomic E-state index is -1.90. The minimum Gasteiger partial charge on any atom is -0.385 e. The van der Waals surface area contributed by atoms with Gasteiger partial charge in [-0.25, -0.2) is 0 Å². The fourth-order valence-electron chi connectivity index (χ4n) is 3.85. The molecule has 0 saturated heterocycles. The zero-order valence-corrected chi connectivity index (χ0v) is 21.0. The number of primary amides is 1. The molecule has 2 unspecified atom stereocenters. The van der Waals surface area contributed by atoms with Gasteiger partial charge in [-0.3, -0.25) is 9.59 Å². The van der Waals surface area contributed by atoms with E-state index in [1.165, 1.54) is 89.5 Å². The van der Waals surface area contributed by atoms with Crippen molar-refractivity contribution in [3.8, 4) is 0 Å². The Hall–Kier alpha value is -2.18. The Morgan fingerprint density at radius 2 is 1.26 bits per heavy atom. The number of ketones is 1. The van der Waals surface area contributed by atoms with Crippen LogP contribution < -0.4 is 11.1 Å². The normalized spacial score (nSPS) is 13.1. The first-order valence-corrected chi connectivity index (χ1v) is 13.2. The van der Waals surface area contributed by atoms with E-state index in [1.54, 1.807) is 0 Å². The van der Waals surface area contributed by atoms with Gasteiger partial charge in [0.1, 0.15) is 0 Å². The lowest BCUT2D eigenvalue weighted by atomic mass is 10.0. The van der Waals surface area contributed by atoms with Gasteiger partial charge >= 0.3 is 0 Å². The number of hydrogen-bond acceptors (Lipinski definition) is 5. The fraction of sp³-hybridized carbons (Fsp3) is 0.643. The summed E-state index contributed by atoms with van der Waals surface area (Å²) >= 11 is 0. The summed E-state index contributed by atoms with van der Waals surface area (Å²) in [7, 11) is 0. The number of aliphatic hydroxyl groups is 2.